The fourth-order valence-corrected chi connectivity index (χ4v) is 5.20. The molecule has 2 aliphatic rings. The highest BCUT2D eigenvalue weighted by atomic mass is 19.1. The summed E-state index contributed by atoms with van der Waals surface area (Å²) in [7, 11) is 0. The Balaban J connectivity index is 1.59. The van der Waals surface area contributed by atoms with E-state index in [1.807, 2.05) is 0 Å². The van der Waals surface area contributed by atoms with Crippen LogP contribution in [0.4, 0.5) is 36.0 Å². The highest BCUT2D eigenvalue weighted by molar-refractivity contribution is 6.05. The molecule has 13 nitrogen and oxygen atoms in total. The number of halogens is 1. The number of carbonyl (C=O) groups excluding carboxylic acids is 3. The Labute approximate surface area is 271 Å². The summed E-state index contributed by atoms with van der Waals surface area (Å²) >= 11 is 0. The van der Waals surface area contributed by atoms with Gasteiger partial charge in [0.15, 0.2) is 5.82 Å². The Kier molecular flexibility index (Phi) is 8.85. The van der Waals surface area contributed by atoms with Gasteiger partial charge in [0, 0.05) is 28.9 Å². The Morgan fingerprint density at radius 2 is 1.72 bits per heavy atom. The van der Waals surface area contributed by atoms with Gasteiger partial charge in [0.2, 0.25) is 5.88 Å². The quantitative estimate of drug-likeness (QED) is 0.279. The molecule has 1 saturated carbocycles. The number of hydrogen-bond donors (Lipinski definition) is 2. The SMILES string of the molecule is Cc1c(-c2cc3cc(NC(=O)O[C@@H]4CC[C@H]4C#N)ncc3c(NC(=O)OC(C)(C)C)c2F)cnc2c1N(C(=O)OC(C)(C)C)CCO2. The molecule has 0 saturated heterocycles. The lowest BCUT2D eigenvalue weighted by Crippen LogP contribution is -2.42. The smallest absolute Gasteiger partial charge is 0.415 e. The molecule has 0 spiro atoms. The first kappa shape index (κ1) is 33.2. The number of nitrogens with zero attached hydrogens (tertiary/aromatic N) is 4. The van der Waals surface area contributed by atoms with Crippen LogP contribution in [-0.4, -0.2) is 58.7 Å². The monoisotopic (exact) mass is 648 g/mol. The highest BCUT2D eigenvalue weighted by Gasteiger charge is 2.35. The summed E-state index contributed by atoms with van der Waals surface area (Å²) in [6, 6.07) is 5.13. The number of aromatic nitrogens is 2. The number of nitriles is 1. The second-order valence-electron chi connectivity index (χ2n) is 13.3. The van der Waals surface area contributed by atoms with E-state index in [4.69, 9.17) is 24.2 Å². The van der Waals surface area contributed by atoms with Crippen LogP contribution in [0.25, 0.3) is 21.9 Å². The molecule has 2 N–H and O–H groups in total. The maximum absolute atomic E-state index is 16.6. The number of anilines is 3. The third-order valence-corrected chi connectivity index (χ3v) is 7.45. The van der Waals surface area contributed by atoms with E-state index in [9.17, 15) is 14.4 Å². The van der Waals surface area contributed by atoms with E-state index in [0.29, 0.717) is 35.0 Å². The molecule has 1 aliphatic carbocycles. The summed E-state index contributed by atoms with van der Waals surface area (Å²) in [4.78, 5) is 48.7. The molecule has 0 radical (unpaired) electrons. The van der Waals surface area contributed by atoms with Crippen molar-refractivity contribution in [2.75, 3.05) is 28.7 Å². The molecule has 3 heterocycles. The number of hydrogen-bond acceptors (Lipinski definition) is 10. The summed E-state index contributed by atoms with van der Waals surface area (Å²) in [6.45, 7) is 12.4. The normalized spacial score (nSPS) is 17.4. The van der Waals surface area contributed by atoms with Gasteiger partial charge in [-0.25, -0.2) is 28.7 Å². The molecule has 47 heavy (non-hydrogen) atoms. The zero-order valence-electron chi connectivity index (χ0n) is 27.3. The van der Waals surface area contributed by atoms with Gasteiger partial charge in [-0.2, -0.15) is 5.26 Å². The van der Waals surface area contributed by atoms with Crippen LogP contribution < -0.4 is 20.3 Å². The lowest BCUT2D eigenvalue weighted by atomic mass is 9.83. The minimum absolute atomic E-state index is 0.0390. The van der Waals surface area contributed by atoms with Gasteiger partial charge >= 0.3 is 18.3 Å². The van der Waals surface area contributed by atoms with Gasteiger partial charge in [-0.05, 0) is 84.4 Å². The molecule has 2 atom stereocenters. The van der Waals surface area contributed by atoms with E-state index in [1.165, 1.54) is 29.4 Å². The summed E-state index contributed by atoms with van der Waals surface area (Å²) in [5, 5.41) is 14.9. The molecular formula is C33H37FN6O7. The molecule has 2 aromatic heterocycles. The number of fused-ring (bicyclic) bond motifs is 2. The van der Waals surface area contributed by atoms with Gasteiger partial charge in [0.25, 0.3) is 0 Å². The number of carbonyl (C=O) groups is 3. The second-order valence-corrected chi connectivity index (χ2v) is 13.3. The molecule has 0 bridgehead atoms. The third kappa shape index (κ3) is 7.29. The van der Waals surface area contributed by atoms with Crippen molar-refractivity contribution in [1.29, 1.82) is 5.26 Å². The maximum atomic E-state index is 16.6. The van der Waals surface area contributed by atoms with Crippen molar-refractivity contribution >= 4 is 46.2 Å². The average molecular weight is 649 g/mol. The van der Waals surface area contributed by atoms with Gasteiger partial charge in [0.05, 0.1) is 24.2 Å². The number of ether oxygens (including phenoxy) is 4. The third-order valence-electron chi connectivity index (χ3n) is 7.45. The molecule has 1 aliphatic heterocycles. The van der Waals surface area contributed by atoms with Crippen LogP contribution in [0.5, 0.6) is 5.88 Å². The van der Waals surface area contributed by atoms with Crippen LogP contribution in [0.3, 0.4) is 0 Å². The van der Waals surface area contributed by atoms with Crippen LogP contribution in [0.1, 0.15) is 59.9 Å². The zero-order valence-corrected chi connectivity index (χ0v) is 27.3. The Bertz CT molecular complexity index is 1790. The topological polar surface area (TPSA) is 165 Å². The standard InChI is InChI=1S/C33H37FN6O7/c1-17-21(15-37-28-27(17)40(10-11-44-28)31(43)47-33(5,6)7)20-12-19-13-24(38-29(41)45-23-9-8-18(23)14-35)36-16-22(19)26(25(20)34)39-30(42)46-32(2,3)4/h12-13,15-16,18,23H,8-11H2,1-7H3,(H,39,42)(H,36,38,41)/t18-,23+/m0/s1. The van der Waals surface area contributed by atoms with E-state index in [1.54, 1.807) is 48.5 Å². The maximum Gasteiger partial charge on any atom is 0.415 e. The van der Waals surface area contributed by atoms with Crippen molar-refractivity contribution in [3.05, 3.63) is 35.9 Å². The first-order chi connectivity index (χ1) is 22.0. The molecule has 5 rings (SSSR count). The Morgan fingerprint density at radius 3 is 2.36 bits per heavy atom. The van der Waals surface area contributed by atoms with Gasteiger partial charge in [-0.1, -0.05) is 0 Å². The summed E-state index contributed by atoms with van der Waals surface area (Å²) in [5.74, 6) is -0.873. The zero-order chi connectivity index (χ0) is 34.3. The van der Waals surface area contributed by atoms with Crippen LogP contribution in [0, 0.1) is 30.0 Å². The lowest BCUT2D eigenvalue weighted by molar-refractivity contribution is 0.0323. The van der Waals surface area contributed by atoms with Crippen LogP contribution >= 0.6 is 0 Å². The van der Waals surface area contributed by atoms with Crippen LogP contribution in [0.15, 0.2) is 24.5 Å². The van der Waals surface area contributed by atoms with Gasteiger partial charge < -0.3 is 18.9 Å². The largest absolute Gasteiger partial charge is 0.474 e. The summed E-state index contributed by atoms with van der Waals surface area (Å²) < 4.78 is 38.7. The van der Waals surface area contributed by atoms with Crippen molar-refractivity contribution in [3.63, 3.8) is 0 Å². The number of nitrogens with one attached hydrogen (secondary N) is 2. The highest BCUT2D eigenvalue weighted by Crippen LogP contribution is 2.42. The molecule has 3 amide bonds. The van der Waals surface area contributed by atoms with E-state index < -0.39 is 41.4 Å². The molecule has 14 heteroatoms. The predicted molar refractivity (Wildman–Crippen MR) is 171 cm³/mol. The van der Waals surface area contributed by atoms with Crippen molar-refractivity contribution in [3.8, 4) is 23.1 Å². The molecule has 3 aromatic rings. The summed E-state index contributed by atoms with van der Waals surface area (Å²) in [5.41, 5.74) is -0.676. The number of amides is 3. The van der Waals surface area contributed by atoms with Crippen LogP contribution in [0.2, 0.25) is 0 Å². The lowest BCUT2D eigenvalue weighted by Gasteiger charge is -2.32. The van der Waals surface area contributed by atoms with Crippen molar-refractivity contribution in [2.24, 2.45) is 5.92 Å². The average Bonchev–Trinajstić information content (AvgIpc) is 2.95. The van der Waals surface area contributed by atoms with E-state index >= 15 is 4.39 Å². The minimum Gasteiger partial charge on any atom is -0.474 e. The number of rotatable bonds is 4. The minimum atomic E-state index is -0.891. The van der Waals surface area contributed by atoms with E-state index in [2.05, 4.69) is 26.7 Å². The second kappa shape index (κ2) is 12.5. The van der Waals surface area contributed by atoms with Gasteiger partial charge in [-0.15, -0.1) is 0 Å². The van der Waals surface area contributed by atoms with Crippen LogP contribution in [-0.2, 0) is 14.2 Å². The molecular weight excluding hydrogens is 611 g/mol. The van der Waals surface area contributed by atoms with E-state index in [-0.39, 0.29) is 47.4 Å². The first-order valence-corrected chi connectivity index (χ1v) is 15.2. The van der Waals surface area contributed by atoms with Gasteiger partial charge in [-0.3, -0.25) is 15.5 Å². The first-order valence-electron chi connectivity index (χ1n) is 15.2. The predicted octanol–water partition coefficient (Wildman–Crippen LogP) is 7.08. The van der Waals surface area contributed by atoms with Crippen molar-refractivity contribution < 1.29 is 37.7 Å². The Morgan fingerprint density at radius 1 is 1.00 bits per heavy atom. The summed E-state index contributed by atoms with van der Waals surface area (Å²) in [6.07, 6.45) is 1.19. The number of benzene rings is 1. The van der Waals surface area contributed by atoms with Gasteiger partial charge in [0.1, 0.15) is 35.4 Å². The molecule has 1 fully saturated rings. The Hall–Kier alpha value is -5.19. The molecule has 0 unspecified atom stereocenters. The van der Waals surface area contributed by atoms with E-state index in [0.717, 1.165) is 0 Å². The number of pyridine rings is 2. The van der Waals surface area contributed by atoms with Crippen molar-refractivity contribution in [2.45, 2.75) is 78.6 Å². The molecule has 248 valence electrons. The fourth-order valence-electron chi connectivity index (χ4n) is 5.20. The van der Waals surface area contributed by atoms with Crippen molar-refractivity contribution in [1.82, 2.24) is 9.97 Å². The molecule has 1 aromatic carbocycles. The fraction of sp³-hybridized carbons (Fsp3) is 0.455.